The first-order valence-electron chi connectivity index (χ1n) is 12.4. The first kappa shape index (κ1) is 31.8. The first-order chi connectivity index (χ1) is 19.3. The van der Waals surface area contributed by atoms with Crippen molar-refractivity contribution in [1.82, 2.24) is 0 Å². The Labute approximate surface area is 234 Å². The van der Waals surface area contributed by atoms with E-state index in [1.807, 2.05) is 0 Å². The van der Waals surface area contributed by atoms with Crippen LogP contribution < -0.4 is 0 Å². The number of hydrogen-bond donors (Lipinski definition) is 0. The Bertz CT molecular complexity index is 1470. The molecular formula is C28H22F10O3S. The van der Waals surface area contributed by atoms with Gasteiger partial charge in [0.05, 0.1) is 17.1 Å². The molecule has 1 saturated carbocycles. The summed E-state index contributed by atoms with van der Waals surface area (Å²) in [4.78, 5) is -0.255. The summed E-state index contributed by atoms with van der Waals surface area (Å²) in [6.07, 6.45) is -16.1. The van der Waals surface area contributed by atoms with Gasteiger partial charge in [-0.25, -0.2) is 12.8 Å². The van der Waals surface area contributed by atoms with E-state index in [1.54, 1.807) is 0 Å². The highest BCUT2D eigenvalue weighted by Crippen LogP contribution is 2.54. The highest BCUT2D eigenvalue weighted by atomic mass is 32.2. The lowest BCUT2D eigenvalue weighted by Crippen LogP contribution is -2.55. The van der Waals surface area contributed by atoms with E-state index in [9.17, 15) is 52.3 Å². The molecule has 3 aromatic carbocycles. The fourth-order valence-electron chi connectivity index (χ4n) is 5.22. The summed E-state index contributed by atoms with van der Waals surface area (Å²) >= 11 is 0. The Hall–Kier alpha value is -3.13. The normalized spacial score (nSPS) is 16.5. The molecule has 0 N–H and O–H groups in total. The molecule has 228 valence electrons. The van der Waals surface area contributed by atoms with Gasteiger partial charge >= 0.3 is 18.5 Å². The van der Waals surface area contributed by atoms with Gasteiger partial charge < -0.3 is 4.74 Å². The maximum atomic E-state index is 14.3. The monoisotopic (exact) mass is 628 g/mol. The predicted octanol–water partition coefficient (Wildman–Crippen LogP) is 8.62. The van der Waals surface area contributed by atoms with Crippen molar-refractivity contribution in [2.24, 2.45) is 0 Å². The van der Waals surface area contributed by atoms with E-state index in [-0.39, 0.29) is 28.9 Å². The van der Waals surface area contributed by atoms with E-state index in [4.69, 9.17) is 0 Å². The minimum atomic E-state index is -6.08. The van der Waals surface area contributed by atoms with Gasteiger partial charge in [-0.05, 0) is 60.4 Å². The summed E-state index contributed by atoms with van der Waals surface area (Å²) in [6.45, 7) is -1.35. The van der Waals surface area contributed by atoms with Gasteiger partial charge in [0, 0.05) is 5.56 Å². The standard InChI is InChI=1S/C28H22F10O3S/c29-22-11-13-23(14-12-22)42(39,40)24(15-1-2-16-24)19-7-9-20(10-8-19)25(27(33,34)35,28(36,37)38)41-17-18-3-5-21(6-4-18)26(30,31)32/h3-14H,1-2,15-17H2. The minimum absolute atomic E-state index is 0.0279. The molecule has 0 aromatic heterocycles. The van der Waals surface area contributed by atoms with E-state index in [0.29, 0.717) is 49.2 Å². The van der Waals surface area contributed by atoms with Crippen LogP contribution in [-0.4, -0.2) is 20.8 Å². The van der Waals surface area contributed by atoms with Gasteiger partial charge in [-0.2, -0.15) is 39.5 Å². The third-order valence-corrected chi connectivity index (χ3v) is 9.97. The minimum Gasteiger partial charge on any atom is -0.349 e. The SMILES string of the molecule is O=S(=O)(c1ccc(F)cc1)C1(c2ccc(C(OCc3ccc(C(F)(F)F)cc3)(C(F)(F)F)C(F)(F)F)cc2)CCCC1. The van der Waals surface area contributed by atoms with Crippen molar-refractivity contribution in [2.45, 2.75) is 66.1 Å². The highest BCUT2D eigenvalue weighted by molar-refractivity contribution is 7.92. The number of ether oxygens (including phenoxy) is 1. The Morgan fingerprint density at radius 1 is 0.667 bits per heavy atom. The van der Waals surface area contributed by atoms with Gasteiger partial charge in [-0.3, -0.25) is 0 Å². The lowest BCUT2D eigenvalue weighted by Gasteiger charge is -2.38. The van der Waals surface area contributed by atoms with Gasteiger partial charge in [0.15, 0.2) is 9.84 Å². The molecule has 0 spiro atoms. The lowest BCUT2D eigenvalue weighted by atomic mass is 9.88. The molecule has 0 aliphatic heterocycles. The summed E-state index contributed by atoms with van der Waals surface area (Å²) in [6, 6.07) is 9.04. The fourth-order valence-corrected chi connectivity index (χ4v) is 7.44. The zero-order valence-corrected chi connectivity index (χ0v) is 22.2. The maximum absolute atomic E-state index is 14.3. The lowest BCUT2D eigenvalue weighted by molar-refractivity contribution is -0.392. The number of benzene rings is 3. The Kier molecular flexibility index (Phi) is 8.22. The quantitative estimate of drug-likeness (QED) is 0.194. The molecule has 0 amide bonds. The van der Waals surface area contributed by atoms with Gasteiger partial charge in [-0.15, -0.1) is 0 Å². The van der Waals surface area contributed by atoms with E-state index in [1.165, 1.54) is 0 Å². The van der Waals surface area contributed by atoms with Crippen LogP contribution in [0.5, 0.6) is 0 Å². The van der Waals surface area contributed by atoms with Crippen LogP contribution in [0.15, 0.2) is 77.7 Å². The van der Waals surface area contributed by atoms with Crippen molar-refractivity contribution < 1.29 is 57.1 Å². The molecule has 3 nitrogen and oxygen atoms in total. The molecule has 0 unspecified atom stereocenters. The van der Waals surface area contributed by atoms with Gasteiger partial charge in [0.1, 0.15) is 10.6 Å². The van der Waals surface area contributed by atoms with E-state index >= 15 is 0 Å². The van der Waals surface area contributed by atoms with Crippen molar-refractivity contribution >= 4 is 9.84 Å². The summed E-state index contributed by atoms with van der Waals surface area (Å²) in [5.74, 6) is -0.703. The van der Waals surface area contributed by atoms with Crippen LogP contribution in [0.25, 0.3) is 0 Å². The van der Waals surface area contributed by atoms with E-state index in [0.717, 1.165) is 36.4 Å². The Balaban J connectivity index is 1.76. The van der Waals surface area contributed by atoms with Crippen LogP contribution in [0.1, 0.15) is 47.9 Å². The number of hydrogen-bond acceptors (Lipinski definition) is 3. The zero-order chi connectivity index (χ0) is 31.2. The molecule has 42 heavy (non-hydrogen) atoms. The molecule has 1 aliphatic rings. The zero-order valence-electron chi connectivity index (χ0n) is 21.4. The largest absolute Gasteiger partial charge is 0.430 e. The van der Waals surface area contributed by atoms with Crippen molar-refractivity contribution in [3.05, 3.63) is 101 Å². The molecule has 14 heteroatoms. The number of sulfone groups is 1. The van der Waals surface area contributed by atoms with Gasteiger partial charge in [0.25, 0.3) is 5.60 Å². The molecule has 0 heterocycles. The third-order valence-electron chi connectivity index (χ3n) is 7.40. The molecular weight excluding hydrogens is 606 g/mol. The van der Waals surface area contributed by atoms with Crippen molar-refractivity contribution in [2.75, 3.05) is 0 Å². The van der Waals surface area contributed by atoms with Crippen molar-refractivity contribution in [1.29, 1.82) is 0 Å². The average molecular weight is 629 g/mol. The molecule has 1 aliphatic carbocycles. The van der Waals surface area contributed by atoms with Crippen LogP contribution in [0, 0.1) is 5.82 Å². The van der Waals surface area contributed by atoms with Crippen LogP contribution in [0.4, 0.5) is 43.9 Å². The smallest absolute Gasteiger partial charge is 0.349 e. The van der Waals surface area contributed by atoms with Crippen LogP contribution in [0.3, 0.4) is 0 Å². The molecule has 1 fully saturated rings. The molecule has 0 bridgehead atoms. The topological polar surface area (TPSA) is 43.4 Å². The first-order valence-corrected chi connectivity index (χ1v) is 13.9. The fraction of sp³-hybridized carbons (Fsp3) is 0.357. The Morgan fingerprint density at radius 2 is 1.14 bits per heavy atom. The van der Waals surface area contributed by atoms with Gasteiger partial charge in [0.2, 0.25) is 0 Å². The third kappa shape index (κ3) is 5.50. The molecule has 0 radical (unpaired) electrons. The van der Waals surface area contributed by atoms with Crippen molar-refractivity contribution in [3.63, 3.8) is 0 Å². The van der Waals surface area contributed by atoms with E-state index < -0.39 is 62.3 Å². The van der Waals surface area contributed by atoms with Crippen LogP contribution >= 0.6 is 0 Å². The predicted molar refractivity (Wildman–Crippen MR) is 130 cm³/mol. The summed E-state index contributed by atoms with van der Waals surface area (Å²) in [7, 11) is -4.26. The number of rotatable bonds is 7. The summed E-state index contributed by atoms with van der Waals surface area (Å²) < 4.78 is 168. The summed E-state index contributed by atoms with van der Waals surface area (Å²) in [5, 5.41) is 0. The molecule has 3 aromatic rings. The molecule has 4 rings (SSSR count). The van der Waals surface area contributed by atoms with Crippen LogP contribution in [-0.2, 0) is 37.7 Å². The number of halogens is 10. The second-order valence-corrected chi connectivity index (χ2v) is 12.2. The summed E-state index contributed by atoms with van der Waals surface area (Å²) in [5.41, 5.74) is -7.87. The second-order valence-electron chi connectivity index (χ2n) is 9.90. The van der Waals surface area contributed by atoms with Crippen molar-refractivity contribution in [3.8, 4) is 0 Å². The second kappa shape index (κ2) is 10.9. The average Bonchev–Trinajstić information content (AvgIpc) is 3.40. The Morgan fingerprint density at radius 3 is 1.60 bits per heavy atom. The van der Waals surface area contributed by atoms with E-state index in [2.05, 4.69) is 4.74 Å². The number of alkyl halides is 9. The van der Waals surface area contributed by atoms with Crippen LogP contribution in [0.2, 0.25) is 0 Å². The molecule has 0 saturated heterocycles. The maximum Gasteiger partial charge on any atom is 0.430 e. The highest BCUT2D eigenvalue weighted by Gasteiger charge is 2.73. The molecule has 0 atom stereocenters. The van der Waals surface area contributed by atoms with Gasteiger partial charge in [-0.1, -0.05) is 49.2 Å².